The van der Waals surface area contributed by atoms with Crippen molar-refractivity contribution in [3.63, 3.8) is 0 Å². The number of carbonyl (C=O) groups is 1. The number of hydrogen-bond donors (Lipinski definition) is 1. The fourth-order valence-electron chi connectivity index (χ4n) is 2.40. The van der Waals surface area contributed by atoms with Crippen LogP contribution in [0.25, 0.3) is 0 Å². The minimum Gasteiger partial charge on any atom is -0.496 e. The Hall–Kier alpha value is -1.79. The van der Waals surface area contributed by atoms with Crippen molar-refractivity contribution in [3.8, 4) is 11.5 Å². The van der Waals surface area contributed by atoms with Crippen LogP contribution in [0.2, 0.25) is 0 Å². The molecular weight excluding hydrogens is 272 g/mol. The third-order valence-corrected chi connectivity index (χ3v) is 3.61. The molecule has 116 valence electrons. The predicted molar refractivity (Wildman–Crippen MR) is 78.8 cm³/mol. The second-order valence-corrected chi connectivity index (χ2v) is 5.06. The van der Waals surface area contributed by atoms with Crippen LogP contribution in [0.1, 0.15) is 17.3 Å². The summed E-state index contributed by atoms with van der Waals surface area (Å²) in [6.45, 7) is 3.36. The maximum Gasteiger partial charge on any atom is 0.261 e. The van der Waals surface area contributed by atoms with E-state index in [2.05, 4.69) is 0 Å². The molecule has 1 aliphatic heterocycles. The molecule has 1 heterocycles. The number of amides is 1. The lowest BCUT2D eigenvalue weighted by atomic mass is 10.1. The summed E-state index contributed by atoms with van der Waals surface area (Å²) in [5.41, 5.74) is 6.31. The summed E-state index contributed by atoms with van der Waals surface area (Å²) in [6, 6.07) is 5.16. The molecule has 1 saturated heterocycles. The third-order valence-electron chi connectivity index (χ3n) is 3.61. The van der Waals surface area contributed by atoms with E-state index < -0.39 is 0 Å². The zero-order valence-electron chi connectivity index (χ0n) is 12.7. The van der Waals surface area contributed by atoms with Gasteiger partial charge in [-0.1, -0.05) is 6.07 Å². The zero-order valence-corrected chi connectivity index (χ0v) is 12.7. The fraction of sp³-hybridized carbons (Fsp3) is 0.533. The minimum absolute atomic E-state index is 0.125. The first-order valence-corrected chi connectivity index (χ1v) is 6.96. The molecule has 0 aromatic heterocycles. The van der Waals surface area contributed by atoms with Gasteiger partial charge in [-0.3, -0.25) is 4.79 Å². The van der Waals surface area contributed by atoms with Crippen LogP contribution in [-0.2, 0) is 4.74 Å². The van der Waals surface area contributed by atoms with Gasteiger partial charge in [0.25, 0.3) is 5.91 Å². The molecule has 0 radical (unpaired) electrons. The monoisotopic (exact) mass is 294 g/mol. The van der Waals surface area contributed by atoms with Crippen LogP contribution in [0.4, 0.5) is 0 Å². The number of ether oxygens (including phenoxy) is 3. The van der Waals surface area contributed by atoms with Crippen molar-refractivity contribution in [2.24, 2.45) is 5.73 Å². The number of rotatable bonds is 4. The Balaban J connectivity index is 2.27. The fourth-order valence-corrected chi connectivity index (χ4v) is 2.40. The van der Waals surface area contributed by atoms with Crippen LogP contribution < -0.4 is 15.2 Å². The Morgan fingerprint density at radius 1 is 1.38 bits per heavy atom. The van der Waals surface area contributed by atoms with E-state index in [0.717, 1.165) is 0 Å². The SMILES string of the molecule is COc1cccc(OC)c1C(=O)N1CCOC(C(C)N)C1. The van der Waals surface area contributed by atoms with Gasteiger partial charge >= 0.3 is 0 Å². The van der Waals surface area contributed by atoms with Gasteiger partial charge in [0.1, 0.15) is 17.1 Å². The molecule has 0 bridgehead atoms. The Morgan fingerprint density at radius 2 is 2.00 bits per heavy atom. The second kappa shape index (κ2) is 6.78. The molecule has 0 saturated carbocycles. The molecule has 2 rings (SSSR count). The van der Waals surface area contributed by atoms with E-state index in [1.54, 1.807) is 23.1 Å². The Bertz CT molecular complexity index is 482. The molecule has 2 unspecified atom stereocenters. The van der Waals surface area contributed by atoms with Gasteiger partial charge < -0.3 is 24.8 Å². The second-order valence-electron chi connectivity index (χ2n) is 5.06. The molecule has 2 atom stereocenters. The summed E-state index contributed by atoms with van der Waals surface area (Å²) in [7, 11) is 3.07. The topological polar surface area (TPSA) is 74.0 Å². The van der Waals surface area contributed by atoms with E-state index in [1.165, 1.54) is 14.2 Å². The Labute approximate surface area is 124 Å². The van der Waals surface area contributed by atoms with E-state index in [9.17, 15) is 4.79 Å². The van der Waals surface area contributed by atoms with Gasteiger partial charge in [0.05, 0.1) is 26.9 Å². The highest BCUT2D eigenvalue weighted by molar-refractivity contribution is 5.99. The highest BCUT2D eigenvalue weighted by Crippen LogP contribution is 2.30. The summed E-state index contributed by atoms with van der Waals surface area (Å²) < 4.78 is 16.2. The van der Waals surface area contributed by atoms with Crippen LogP contribution in [0.3, 0.4) is 0 Å². The predicted octanol–water partition coefficient (Wildman–Crippen LogP) is 0.892. The van der Waals surface area contributed by atoms with Crippen molar-refractivity contribution in [1.29, 1.82) is 0 Å². The van der Waals surface area contributed by atoms with Gasteiger partial charge in [0, 0.05) is 19.1 Å². The van der Waals surface area contributed by atoms with Crippen molar-refractivity contribution in [2.45, 2.75) is 19.1 Å². The lowest BCUT2D eigenvalue weighted by Crippen LogP contribution is -2.51. The van der Waals surface area contributed by atoms with E-state index in [0.29, 0.717) is 36.8 Å². The molecule has 1 aromatic rings. The molecule has 1 amide bonds. The van der Waals surface area contributed by atoms with Gasteiger partial charge in [-0.15, -0.1) is 0 Å². The molecular formula is C15H22N2O4. The van der Waals surface area contributed by atoms with Crippen molar-refractivity contribution in [1.82, 2.24) is 4.90 Å². The average Bonchev–Trinajstić information content (AvgIpc) is 2.53. The highest BCUT2D eigenvalue weighted by atomic mass is 16.5. The lowest BCUT2D eigenvalue weighted by Gasteiger charge is -2.35. The van der Waals surface area contributed by atoms with Gasteiger partial charge in [0.15, 0.2) is 0 Å². The Morgan fingerprint density at radius 3 is 2.52 bits per heavy atom. The number of methoxy groups -OCH3 is 2. The summed E-state index contributed by atoms with van der Waals surface area (Å²) in [4.78, 5) is 14.5. The van der Waals surface area contributed by atoms with E-state index in [4.69, 9.17) is 19.9 Å². The highest BCUT2D eigenvalue weighted by Gasteiger charge is 2.30. The zero-order chi connectivity index (χ0) is 15.4. The van der Waals surface area contributed by atoms with Gasteiger partial charge in [0.2, 0.25) is 0 Å². The van der Waals surface area contributed by atoms with E-state index >= 15 is 0 Å². The lowest BCUT2D eigenvalue weighted by molar-refractivity contribution is -0.0301. The molecule has 6 heteroatoms. The molecule has 1 aliphatic rings. The van der Waals surface area contributed by atoms with Gasteiger partial charge in [-0.05, 0) is 19.1 Å². The largest absolute Gasteiger partial charge is 0.496 e. The smallest absolute Gasteiger partial charge is 0.261 e. The van der Waals surface area contributed by atoms with Crippen LogP contribution in [0, 0.1) is 0 Å². The standard InChI is InChI=1S/C15H22N2O4/c1-10(16)13-9-17(7-8-21-13)15(18)14-11(19-2)5-4-6-12(14)20-3/h4-6,10,13H,7-9,16H2,1-3H3. The first-order valence-electron chi connectivity index (χ1n) is 6.96. The first kappa shape index (κ1) is 15.6. The summed E-state index contributed by atoms with van der Waals surface area (Å²) in [5.74, 6) is 0.879. The third kappa shape index (κ3) is 3.28. The van der Waals surface area contributed by atoms with Crippen molar-refractivity contribution in [3.05, 3.63) is 23.8 Å². The quantitative estimate of drug-likeness (QED) is 0.893. The molecule has 0 aliphatic carbocycles. The number of morpholine rings is 1. The van der Waals surface area contributed by atoms with Gasteiger partial charge in [-0.2, -0.15) is 0 Å². The average molecular weight is 294 g/mol. The Kier molecular flexibility index (Phi) is 5.03. The summed E-state index contributed by atoms with van der Waals surface area (Å²) >= 11 is 0. The maximum atomic E-state index is 12.8. The number of benzene rings is 1. The van der Waals surface area contributed by atoms with Crippen LogP contribution in [-0.4, -0.2) is 56.9 Å². The number of nitrogens with two attached hydrogens (primary N) is 1. The number of hydrogen-bond acceptors (Lipinski definition) is 5. The van der Waals surface area contributed by atoms with Crippen LogP contribution in [0.5, 0.6) is 11.5 Å². The summed E-state index contributed by atoms with van der Waals surface area (Å²) in [6.07, 6.45) is -0.150. The van der Waals surface area contributed by atoms with Crippen molar-refractivity contribution >= 4 is 5.91 Å². The molecule has 2 N–H and O–H groups in total. The molecule has 6 nitrogen and oxygen atoms in total. The number of nitrogens with zero attached hydrogens (tertiary/aromatic N) is 1. The number of carbonyl (C=O) groups excluding carboxylic acids is 1. The first-order chi connectivity index (χ1) is 10.1. The molecule has 21 heavy (non-hydrogen) atoms. The van der Waals surface area contributed by atoms with E-state index in [-0.39, 0.29) is 18.1 Å². The molecule has 0 spiro atoms. The maximum absolute atomic E-state index is 12.8. The van der Waals surface area contributed by atoms with Crippen molar-refractivity contribution in [2.75, 3.05) is 33.9 Å². The summed E-state index contributed by atoms with van der Waals surface area (Å²) in [5, 5.41) is 0. The van der Waals surface area contributed by atoms with Gasteiger partial charge in [-0.25, -0.2) is 0 Å². The molecule has 1 fully saturated rings. The minimum atomic E-state index is -0.150. The molecule has 1 aromatic carbocycles. The van der Waals surface area contributed by atoms with Crippen LogP contribution >= 0.6 is 0 Å². The van der Waals surface area contributed by atoms with E-state index in [1.807, 2.05) is 6.92 Å². The normalized spacial score (nSPS) is 20.0. The van der Waals surface area contributed by atoms with Crippen molar-refractivity contribution < 1.29 is 19.0 Å². The van der Waals surface area contributed by atoms with Crippen LogP contribution in [0.15, 0.2) is 18.2 Å².